The van der Waals surface area contributed by atoms with Crippen molar-refractivity contribution < 1.29 is 63.2 Å². The predicted octanol–water partition coefficient (Wildman–Crippen LogP) is -3.98. The highest BCUT2D eigenvalue weighted by Gasteiger charge is 2.25. The van der Waals surface area contributed by atoms with Crippen molar-refractivity contribution >= 4 is 53.4 Å². The molecule has 23 nitrogen and oxygen atoms in total. The van der Waals surface area contributed by atoms with Gasteiger partial charge in [-0.1, -0.05) is 0 Å². The maximum Gasteiger partial charge on any atom is 0.325 e. The lowest BCUT2D eigenvalue weighted by molar-refractivity contribution is -0.141. The van der Waals surface area contributed by atoms with E-state index >= 15 is 0 Å². The fraction of sp³-hybridized carbons (Fsp3) is 0.595. The number of aliphatic carboxylic acids is 3. The number of amides is 6. The van der Waals surface area contributed by atoms with Gasteiger partial charge in [0.15, 0.2) is 0 Å². The van der Waals surface area contributed by atoms with Crippen LogP contribution in [-0.2, 0) is 40.1 Å². The molecule has 23 heteroatoms. The van der Waals surface area contributed by atoms with Crippen LogP contribution in [0.15, 0.2) is 12.1 Å². The summed E-state index contributed by atoms with van der Waals surface area (Å²) in [6, 6.07) is -0.537. The average Bonchev–Trinajstić information content (AvgIpc) is 3.19. The third-order valence-electron chi connectivity index (χ3n) is 9.43. The van der Waals surface area contributed by atoms with Crippen LogP contribution < -0.4 is 36.6 Å². The number of benzene rings is 1. The van der Waals surface area contributed by atoms with Gasteiger partial charge in [0.1, 0.15) is 23.9 Å². The Labute approximate surface area is 347 Å². The lowest BCUT2D eigenvalue weighted by Gasteiger charge is -2.34. The number of carboxylic acid groups (broad SMARTS) is 3. The minimum atomic E-state index is -1.23. The highest BCUT2D eigenvalue weighted by molar-refractivity contribution is 6.04. The highest BCUT2D eigenvalue weighted by atomic mass is 16.5. The Bertz CT molecular complexity index is 1640. The number of nitrogens with one attached hydrogen (secondary N) is 6. The molecule has 1 aromatic carbocycles. The summed E-state index contributed by atoms with van der Waals surface area (Å²) in [5.74, 6) is -6.89. The molecule has 1 aliphatic rings. The second kappa shape index (κ2) is 24.9. The first kappa shape index (κ1) is 50.2. The largest absolute Gasteiger partial charge is 0.495 e. The van der Waals surface area contributed by atoms with Crippen LogP contribution in [0.3, 0.4) is 0 Å². The van der Waals surface area contributed by atoms with Gasteiger partial charge < -0.3 is 52.0 Å². The van der Waals surface area contributed by atoms with Gasteiger partial charge in [0.2, 0.25) is 23.6 Å². The van der Waals surface area contributed by atoms with E-state index in [-0.39, 0.29) is 102 Å². The molecule has 1 aliphatic heterocycles. The molecule has 334 valence electrons. The lowest BCUT2D eigenvalue weighted by Crippen LogP contribution is -2.53. The molecule has 60 heavy (non-hydrogen) atoms. The van der Waals surface area contributed by atoms with Gasteiger partial charge in [0.25, 0.3) is 11.8 Å². The molecule has 3 atom stereocenters. The van der Waals surface area contributed by atoms with Crippen molar-refractivity contribution in [3.05, 3.63) is 28.8 Å². The average molecular weight is 851 g/mol. The summed E-state index contributed by atoms with van der Waals surface area (Å²) in [5, 5.41) is 42.9. The van der Waals surface area contributed by atoms with Gasteiger partial charge in [-0.3, -0.25) is 62.8 Å². The van der Waals surface area contributed by atoms with Gasteiger partial charge in [-0.15, -0.1) is 0 Å². The number of rotatable bonds is 19. The zero-order valence-corrected chi connectivity index (χ0v) is 34.8. The Morgan fingerprint density at radius 2 is 0.833 bits per heavy atom. The van der Waals surface area contributed by atoms with Crippen molar-refractivity contribution in [1.29, 1.82) is 0 Å². The zero-order valence-electron chi connectivity index (χ0n) is 34.8. The Morgan fingerprint density at radius 1 is 0.550 bits per heavy atom. The predicted molar refractivity (Wildman–Crippen MR) is 213 cm³/mol. The van der Waals surface area contributed by atoms with Crippen molar-refractivity contribution in [3.8, 4) is 5.75 Å². The number of hydrogen-bond acceptors (Lipinski definition) is 14. The maximum absolute atomic E-state index is 13.5. The van der Waals surface area contributed by atoms with Gasteiger partial charge in [-0.25, -0.2) is 0 Å². The SMILES string of the molecule is CNC(=O)c1cc(CNC(=O)CN2CCN(CC(=O)NC(C)C(=O)O)CCN(CC(=O)NC(C)C(=O)O)CCN(CC(=O)NC(C)C(=O)O)CC2)cc(C(=O)NC)c1OC. The topological polar surface area (TPSA) is 309 Å². The summed E-state index contributed by atoms with van der Waals surface area (Å²) >= 11 is 0. The van der Waals surface area contributed by atoms with Crippen LogP contribution in [0.25, 0.3) is 0 Å². The normalized spacial score (nSPS) is 16.3. The Kier molecular flexibility index (Phi) is 20.8. The molecule has 1 saturated heterocycles. The Balaban J connectivity index is 2.40. The van der Waals surface area contributed by atoms with Crippen molar-refractivity contribution in [2.75, 3.05) is 99.7 Å². The van der Waals surface area contributed by atoms with E-state index in [9.17, 15) is 58.5 Å². The molecule has 0 aromatic heterocycles. The highest BCUT2D eigenvalue weighted by Crippen LogP contribution is 2.26. The minimum absolute atomic E-state index is 0.0496. The summed E-state index contributed by atoms with van der Waals surface area (Å²) in [5.41, 5.74) is 0.573. The van der Waals surface area contributed by atoms with Crippen LogP contribution in [0, 0.1) is 0 Å². The smallest absolute Gasteiger partial charge is 0.325 e. The van der Waals surface area contributed by atoms with E-state index in [4.69, 9.17) is 4.74 Å². The van der Waals surface area contributed by atoms with Crippen LogP contribution in [0.5, 0.6) is 5.75 Å². The van der Waals surface area contributed by atoms with Crippen LogP contribution in [0.2, 0.25) is 0 Å². The molecule has 1 fully saturated rings. The summed E-state index contributed by atoms with van der Waals surface area (Å²) in [6.07, 6.45) is 0. The van der Waals surface area contributed by atoms with Crippen molar-refractivity contribution in [2.45, 2.75) is 45.4 Å². The molecule has 3 unspecified atom stereocenters. The summed E-state index contributed by atoms with van der Waals surface area (Å²) < 4.78 is 5.36. The second-order valence-corrected chi connectivity index (χ2v) is 14.1. The van der Waals surface area contributed by atoms with Gasteiger partial charge in [-0.05, 0) is 38.5 Å². The summed E-state index contributed by atoms with van der Waals surface area (Å²) in [6.45, 7) is 4.39. The van der Waals surface area contributed by atoms with Crippen LogP contribution in [0.4, 0.5) is 0 Å². The molecule has 1 aromatic rings. The monoisotopic (exact) mass is 850 g/mol. The Hall–Kier alpha value is -5.91. The first-order valence-corrected chi connectivity index (χ1v) is 19.2. The maximum atomic E-state index is 13.5. The number of methoxy groups -OCH3 is 1. The van der Waals surface area contributed by atoms with Crippen LogP contribution in [-0.4, -0.2) is 206 Å². The minimum Gasteiger partial charge on any atom is -0.495 e. The molecule has 0 radical (unpaired) electrons. The van der Waals surface area contributed by atoms with Gasteiger partial charge in [0.05, 0.1) is 44.4 Å². The van der Waals surface area contributed by atoms with Crippen LogP contribution >= 0.6 is 0 Å². The summed E-state index contributed by atoms with van der Waals surface area (Å²) in [4.78, 5) is 119. The van der Waals surface area contributed by atoms with Crippen molar-refractivity contribution in [3.63, 3.8) is 0 Å². The third-order valence-corrected chi connectivity index (χ3v) is 9.43. The molecule has 0 saturated carbocycles. The molecule has 2 rings (SSSR count). The van der Waals surface area contributed by atoms with Gasteiger partial charge in [-0.2, -0.15) is 0 Å². The number of carbonyl (C=O) groups excluding carboxylic acids is 6. The van der Waals surface area contributed by atoms with E-state index in [2.05, 4.69) is 31.9 Å². The first-order valence-electron chi connectivity index (χ1n) is 19.2. The molecule has 9 N–H and O–H groups in total. The standard InChI is InChI=1S/C37H58N10O13/c1-22(35(54)55)41-29(49)19-45-9-7-44(18-28(48)40-17-25-15-26(33(52)38-4)32(60-6)27(16-25)34(53)39-5)8-10-46(20-30(50)42-23(2)36(56)57)12-14-47(13-11-45)21-31(51)43-24(3)37(58)59/h15-16,22-24H,7-14,17-21H2,1-6H3,(H,38,52)(H,39,53)(H,40,48)(H,41,49)(H,42,50)(H,43,51)(H,54,55)(H,56,57)(H,58,59). The molecular formula is C37H58N10O13. The van der Waals surface area contributed by atoms with E-state index in [1.807, 2.05) is 0 Å². The van der Waals surface area contributed by atoms with E-state index in [1.54, 1.807) is 19.6 Å². The fourth-order valence-electron chi connectivity index (χ4n) is 5.94. The molecule has 0 bridgehead atoms. The van der Waals surface area contributed by atoms with Crippen molar-refractivity contribution in [2.24, 2.45) is 0 Å². The fourth-order valence-corrected chi connectivity index (χ4v) is 5.94. The van der Waals surface area contributed by atoms with Gasteiger partial charge >= 0.3 is 17.9 Å². The van der Waals surface area contributed by atoms with E-state index < -0.39 is 71.5 Å². The zero-order chi connectivity index (χ0) is 45.1. The summed E-state index contributed by atoms with van der Waals surface area (Å²) in [7, 11) is 4.16. The lowest BCUT2D eigenvalue weighted by atomic mass is 10.0. The molecule has 0 aliphatic carbocycles. The first-order chi connectivity index (χ1) is 28.3. The quantitative estimate of drug-likeness (QED) is 0.0641. The van der Waals surface area contributed by atoms with Crippen LogP contribution in [0.1, 0.15) is 47.1 Å². The van der Waals surface area contributed by atoms with E-state index in [1.165, 1.54) is 54.1 Å². The Morgan fingerprint density at radius 3 is 1.08 bits per heavy atom. The number of carbonyl (C=O) groups is 9. The van der Waals surface area contributed by atoms with E-state index in [0.29, 0.717) is 5.56 Å². The molecule has 0 spiro atoms. The second-order valence-electron chi connectivity index (χ2n) is 14.1. The van der Waals surface area contributed by atoms with E-state index in [0.717, 1.165) is 0 Å². The molecule has 6 amide bonds. The van der Waals surface area contributed by atoms with Crippen molar-refractivity contribution in [1.82, 2.24) is 51.5 Å². The molecular weight excluding hydrogens is 792 g/mol. The van der Waals surface area contributed by atoms with Gasteiger partial charge in [0, 0.05) is 73.0 Å². The third kappa shape index (κ3) is 17.1. The number of ether oxygens (including phenoxy) is 1. The molecule has 1 heterocycles. The number of nitrogens with zero attached hydrogens (tertiary/aromatic N) is 4. The number of hydrogen-bond donors (Lipinski definition) is 9. The number of carboxylic acids is 3.